The Balaban J connectivity index is 1.87. The highest BCUT2D eigenvalue weighted by molar-refractivity contribution is 9.09. The fourth-order valence-electron chi connectivity index (χ4n) is 1.82. The summed E-state index contributed by atoms with van der Waals surface area (Å²) < 4.78 is 5.47. The Hall–Kier alpha value is -0.540. The number of benzene rings is 1. The van der Waals surface area contributed by atoms with E-state index in [9.17, 15) is 0 Å². The first-order valence-corrected chi connectivity index (χ1v) is 6.53. The summed E-state index contributed by atoms with van der Waals surface area (Å²) in [6, 6.07) is 6.54. The number of halogens is 1. The lowest BCUT2D eigenvalue weighted by Crippen LogP contribution is -2.19. The van der Waals surface area contributed by atoms with Crippen LogP contribution in [0.25, 0.3) is 0 Å². The van der Waals surface area contributed by atoms with Crippen molar-refractivity contribution >= 4 is 15.9 Å². The predicted molar refractivity (Wildman–Crippen MR) is 66.0 cm³/mol. The molecule has 3 heteroatoms. The quantitative estimate of drug-likeness (QED) is 0.654. The van der Waals surface area contributed by atoms with Crippen molar-refractivity contribution < 1.29 is 4.74 Å². The largest absolute Gasteiger partial charge is 0.493 e. The van der Waals surface area contributed by atoms with Crippen LogP contribution in [0, 0.1) is 0 Å². The molecule has 1 aliphatic heterocycles. The molecule has 0 amide bonds. The van der Waals surface area contributed by atoms with Gasteiger partial charge in [-0.05, 0) is 30.2 Å². The zero-order chi connectivity index (χ0) is 10.5. The zero-order valence-electron chi connectivity index (χ0n) is 8.76. The van der Waals surface area contributed by atoms with Crippen molar-refractivity contribution in [2.75, 3.05) is 25.0 Å². The molecule has 0 spiro atoms. The number of hydrogen-bond acceptors (Lipinski definition) is 2. The maximum atomic E-state index is 5.47. The average molecular weight is 270 g/mol. The summed E-state index contributed by atoms with van der Waals surface area (Å²) in [5.41, 5.74) is 2.77. The molecule has 0 aromatic heterocycles. The van der Waals surface area contributed by atoms with Crippen molar-refractivity contribution in [2.45, 2.75) is 12.8 Å². The van der Waals surface area contributed by atoms with Crippen molar-refractivity contribution in [1.82, 2.24) is 5.32 Å². The van der Waals surface area contributed by atoms with Crippen LogP contribution >= 0.6 is 15.9 Å². The van der Waals surface area contributed by atoms with Gasteiger partial charge in [-0.2, -0.15) is 0 Å². The smallest absolute Gasteiger partial charge is 0.122 e. The number of alkyl halides is 1. The minimum atomic E-state index is 0.848. The second-order valence-corrected chi connectivity index (χ2v) is 4.52. The van der Waals surface area contributed by atoms with Gasteiger partial charge in [0.15, 0.2) is 0 Å². The average Bonchev–Trinajstić information content (AvgIpc) is 2.71. The maximum absolute atomic E-state index is 5.47. The van der Waals surface area contributed by atoms with Crippen LogP contribution in [0.3, 0.4) is 0 Å². The Morgan fingerprint density at radius 1 is 1.33 bits per heavy atom. The molecule has 0 unspecified atom stereocenters. The van der Waals surface area contributed by atoms with Crippen LogP contribution in [-0.2, 0) is 12.8 Å². The predicted octanol–water partition coefficient (Wildman–Crippen LogP) is 2.15. The molecule has 2 nitrogen and oxygen atoms in total. The Morgan fingerprint density at radius 3 is 3.13 bits per heavy atom. The van der Waals surface area contributed by atoms with Crippen molar-refractivity contribution in [3.8, 4) is 5.75 Å². The summed E-state index contributed by atoms with van der Waals surface area (Å²) in [5.74, 6) is 1.08. The van der Waals surface area contributed by atoms with Gasteiger partial charge in [-0.3, -0.25) is 0 Å². The molecule has 0 bridgehead atoms. The first kappa shape index (κ1) is 11.0. The van der Waals surface area contributed by atoms with Gasteiger partial charge in [-0.25, -0.2) is 0 Å². The molecule has 1 aliphatic rings. The molecule has 1 aromatic rings. The van der Waals surface area contributed by atoms with E-state index in [1.54, 1.807) is 0 Å². The van der Waals surface area contributed by atoms with E-state index >= 15 is 0 Å². The summed E-state index contributed by atoms with van der Waals surface area (Å²) in [6.07, 6.45) is 2.16. The van der Waals surface area contributed by atoms with Crippen LogP contribution < -0.4 is 10.1 Å². The topological polar surface area (TPSA) is 21.3 Å². The lowest BCUT2D eigenvalue weighted by molar-refractivity contribution is 0.357. The molecule has 0 radical (unpaired) electrons. The fourth-order valence-corrected chi connectivity index (χ4v) is 2.10. The second-order valence-electron chi connectivity index (χ2n) is 3.73. The molecule has 0 aliphatic carbocycles. The first-order chi connectivity index (χ1) is 7.40. The summed E-state index contributed by atoms with van der Waals surface area (Å²) in [6.45, 7) is 2.93. The lowest BCUT2D eigenvalue weighted by Gasteiger charge is -2.05. The minimum Gasteiger partial charge on any atom is -0.493 e. The Morgan fingerprint density at radius 2 is 2.27 bits per heavy atom. The van der Waals surface area contributed by atoms with Gasteiger partial charge in [-0.15, -0.1) is 0 Å². The van der Waals surface area contributed by atoms with Crippen molar-refractivity contribution in [2.24, 2.45) is 0 Å². The molecular formula is C12H16BrNO. The van der Waals surface area contributed by atoms with Gasteiger partial charge in [0, 0.05) is 18.3 Å². The van der Waals surface area contributed by atoms with Gasteiger partial charge in [0.2, 0.25) is 0 Å². The van der Waals surface area contributed by atoms with Gasteiger partial charge >= 0.3 is 0 Å². The summed E-state index contributed by atoms with van der Waals surface area (Å²) in [5, 5.41) is 4.39. The van der Waals surface area contributed by atoms with Crippen LogP contribution in [0.1, 0.15) is 11.1 Å². The lowest BCUT2D eigenvalue weighted by atomic mass is 10.1. The van der Waals surface area contributed by atoms with E-state index in [-0.39, 0.29) is 0 Å². The molecule has 0 saturated heterocycles. The molecule has 15 heavy (non-hydrogen) atoms. The summed E-state index contributed by atoms with van der Waals surface area (Å²) in [4.78, 5) is 0. The normalized spacial score (nSPS) is 13.7. The van der Waals surface area contributed by atoms with E-state index in [0.29, 0.717) is 0 Å². The third kappa shape index (κ3) is 2.95. The maximum Gasteiger partial charge on any atom is 0.122 e. The van der Waals surface area contributed by atoms with Crippen LogP contribution in [0.5, 0.6) is 5.75 Å². The first-order valence-electron chi connectivity index (χ1n) is 5.41. The standard InChI is InChI=1S/C12H16BrNO/c13-5-7-14-6-3-10-1-2-12-11(9-10)4-8-15-12/h1-2,9,14H,3-8H2. The zero-order valence-corrected chi connectivity index (χ0v) is 10.3. The molecule has 0 atom stereocenters. The van der Waals surface area contributed by atoms with Crippen molar-refractivity contribution in [3.63, 3.8) is 0 Å². The van der Waals surface area contributed by atoms with E-state index in [4.69, 9.17) is 4.74 Å². The molecule has 2 rings (SSSR count). The highest BCUT2D eigenvalue weighted by Crippen LogP contribution is 2.25. The number of rotatable bonds is 5. The number of ether oxygens (including phenoxy) is 1. The monoisotopic (exact) mass is 269 g/mol. The van der Waals surface area contributed by atoms with Crippen LogP contribution in [-0.4, -0.2) is 25.0 Å². The van der Waals surface area contributed by atoms with Crippen LogP contribution in [0.15, 0.2) is 18.2 Å². The van der Waals surface area contributed by atoms with Gasteiger partial charge in [0.1, 0.15) is 5.75 Å². The van der Waals surface area contributed by atoms with E-state index in [1.807, 2.05) is 0 Å². The number of nitrogens with one attached hydrogen (secondary N) is 1. The molecular weight excluding hydrogens is 254 g/mol. The Bertz CT molecular complexity index is 327. The summed E-state index contributed by atoms with van der Waals surface area (Å²) in [7, 11) is 0. The SMILES string of the molecule is BrCCNCCc1ccc2c(c1)CCO2. The highest BCUT2D eigenvalue weighted by Gasteiger charge is 2.11. The summed E-state index contributed by atoms with van der Waals surface area (Å²) >= 11 is 3.40. The molecule has 1 heterocycles. The van der Waals surface area contributed by atoms with Crippen LogP contribution in [0.2, 0.25) is 0 Å². The van der Waals surface area contributed by atoms with Gasteiger partial charge in [0.05, 0.1) is 6.61 Å². The Labute approximate surface area is 99.1 Å². The second kappa shape index (κ2) is 5.52. The minimum absolute atomic E-state index is 0.848. The van der Waals surface area contributed by atoms with E-state index < -0.39 is 0 Å². The third-order valence-corrected chi connectivity index (χ3v) is 3.01. The van der Waals surface area contributed by atoms with Gasteiger partial charge in [0.25, 0.3) is 0 Å². The molecule has 1 aromatic carbocycles. The van der Waals surface area contributed by atoms with Gasteiger partial charge < -0.3 is 10.1 Å². The van der Waals surface area contributed by atoms with Crippen molar-refractivity contribution in [3.05, 3.63) is 29.3 Å². The highest BCUT2D eigenvalue weighted by atomic mass is 79.9. The van der Waals surface area contributed by atoms with E-state index in [0.717, 1.165) is 43.6 Å². The molecule has 1 N–H and O–H groups in total. The molecule has 82 valence electrons. The third-order valence-electron chi connectivity index (χ3n) is 2.62. The molecule has 0 saturated carbocycles. The van der Waals surface area contributed by atoms with Crippen molar-refractivity contribution in [1.29, 1.82) is 0 Å². The number of hydrogen-bond donors (Lipinski definition) is 1. The van der Waals surface area contributed by atoms with E-state index in [2.05, 4.69) is 39.4 Å². The van der Waals surface area contributed by atoms with Gasteiger partial charge in [-0.1, -0.05) is 28.1 Å². The van der Waals surface area contributed by atoms with E-state index in [1.165, 1.54) is 11.1 Å². The Kier molecular flexibility index (Phi) is 4.03. The number of fused-ring (bicyclic) bond motifs is 1. The molecule has 0 fully saturated rings. The fraction of sp³-hybridized carbons (Fsp3) is 0.500. The van der Waals surface area contributed by atoms with Crippen LogP contribution in [0.4, 0.5) is 0 Å².